The first-order chi connectivity index (χ1) is 9.66. The van der Waals surface area contributed by atoms with Crippen LogP contribution in [0.4, 0.5) is 0 Å². The van der Waals surface area contributed by atoms with Crippen LogP contribution in [0.3, 0.4) is 0 Å². The molecule has 1 aromatic carbocycles. The monoisotopic (exact) mass is 313 g/mol. The van der Waals surface area contributed by atoms with E-state index in [0.29, 0.717) is 23.3 Å². The Morgan fingerprint density at radius 3 is 2.80 bits per heavy atom. The zero-order chi connectivity index (χ0) is 14.1. The molecule has 0 aliphatic carbocycles. The summed E-state index contributed by atoms with van der Waals surface area (Å²) in [7, 11) is 0. The second-order valence-electron chi connectivity index (χ2n) is 5.42. The van der Waals surface area contributed by atoms with Crippen molar-refractivity contribution in [2.24, 2.45) is 5.92 Å². The largest absolute Gasteiger partial charge is 0.381 e. The smallest absolute Gasteiger partial charge is 0.228 e. The van der Waals surface area contributed by atoms with Crippen molar-refractivity contribution >= 4 is 29.1 Å². The van der Waals surface area contributed by atoms with E-state index in [-0.39, 0.29) is 17.9 Å². The van der Waals surface area contributed by atoms with Crippen molar-refractivity contribution in [2.75, 3.05) is 19.8 Å². The number of nitrogens with zero attached hydrogens (tertiary/aromatic N) is 1. The van der Waals surface area contributed by atoms with Gasteiger partial charge in [0.15, 0.2) is 0 Å². The molecule has 0 bridgehead atoms. The first kappa shape index (κ1) is 14.2. The lowest BCUT2D eigenvalue weighted by Gasteiger charge is -2.27. The number of hydrogen-bond donors (Lipinski definition) is 0. The number of carbonyl (C=O) groups excluding carboxylic acids is 1. The number of benzene rings is 1. The van der Waals surface area contributed by atoms with Crippen molar-refractivity contribution < 1.29 is 9.53 Å². The van der Waals surface area contributed by atoms with E-state index >= 15 is 0 Å². The summed E-state index contributed by atoms with van der Waals surface area (Å²) in [6, 6.07) is 5.78. The van der Waals surface area contributed by atoms with Crippen molar-refractivity contribution in [1.82, 2.24) is 4.90 Å². The minimum absolute atomic E-state index is 0.0263. The molecule has 3 rings (SSSR count). The van der Waals surface area contributed by atoms with Gasteiger partial charge in [-0.25, -0.2) is 0 Å². The van der Waals surface area contributed by atoms with Crippen LogP contribution in [-0.4, -0.2) is 30.6 Å². The summed E-state index contributed by atoms with van der Waals surface area (Å²) >= 11 is 12.1. The molecule has 2 fully saturated rings. The maximum absolute atomic E-state index is 12.6. The lowest BCUT2D eigenvalue weighted by Crippen LogP contribution is -2.36. The Kier molecular flexibility index (Phi) is 4.20. The van der Waals surface area contributed by atoms with Crippen LogP contribution in [0.5, 0.6) is 0 Å². The number of halogens is 2. The quantitative estimate of drug-likeness (QED) is 0.833. The van der Waals surface area contributed by atoms with Crippen molar-refractivity contribution in [2.45, 2.75) is 25.3 Å². The molecule has 2 aliphatic heterocycles. The van der Waals surface area contributed by atoms with E-state index < -0.39 is 0 Å². The van der Waals surface area contributed by atoms with E-state index in [4.69, 9.17) is 27.9 Å². The van der Waals surface area contributed by atoms with E-state index in [1.807, 2.05) is 17.0 Å². The van der Waals surface area contributed by atoms with Crippen molar-refractivity contribution in [3.05, 3.63) is 33.8 Å². The predicted octanol–water partition coefficient (Wildman–Crippen LogP) is 3.69. The molecule has 2 atom stereocenters. The third-order valence-corrected chi connectivity index (χ3v) is 4.88. The molecule has 108 valence electrons. The number of rotatable bonds is 2. The zero-order valence-electron chi connectivity index (χ0n) is 11.1. The van der Waals surface area contributed by atoms with Crippen LogP contribution in [0.2, 0.25) is 10.0 Å². The van der Waals surface area contributed by atoms with Gasteiger partial charge in [0.05, 0.1) is 28.6 Å². The van der Waals surface area contributed by atoms with Gasteiger partial charge in [0.2, 0.25) is 5.91 Å². The predicted molar refractivity (Wildman–Crippen MR) is 79.1 cm³/mol. The number of likely N-dealkylation sites (tertiary alicyclic amines) is 1. The van der Waals surface area contributed by atoms with E-state index in [9.17, 15) is 4.79 Å². The number of hydrogen-bond acceptors (Lipinski definition) is 2. The Morgan fingerprint density at radius 2 is 2.10 bits per heavy atom. The summed E-state index contributed by atoms with van der Waals surface area (Å²) in [6.45, 7) is 2.07. The molecule has 0 N–H and O–H groups in total. The Balaban J connectivity index is 1.80. The fraction of sp³-hybridized carbons (Fsp3) is 0.533. The number of amides is 1. The van der Waals surface area contributed by atoms with E-state index in [1.165, 1.54) is 0 Å². The summed E-state index contributed by atoms with van der Waals surface area (Å²) in [6.07, 6.45) is 2.85. The van der Waals surface area contributed by atoms with Crippen LogP contribution in [-0.2, 0) is 9.53 Å². The second kappa shape index (κ2) is 5.92. The van der Waals surface area contributed by atoms with Gasteiger partial charge in [0.1, 0.15) is 0 Å². The summed E-state index contributed by atoms with van der Waals surface area (Å²) in [5.41, 5.74) is 1.07. The molecular formula is C15H17Cl2NO2. The average Bonchev–Trinajstić information content (AvgIpc) is 3.11. The number of ether oxygens (including phenoxy) is 1. The van der Waals surface area contributed by atoms with Crippen molar-refractivity contribution in [1.29, 1.82) is 0 Å². The summed E-state index contributed by atoms with van der Waals surface area (Å²) in [5, 5.41) is 1.10. The molecular weight excluding hydrogens is 297 g/mol. The van der Waals surface area contributed by atoms with E-state index in [2.05, 4.69) is 0 Å². The van der Waals surface area contributed by atoms with Crippen LogP contribution in [0.15, 0.2) is 18.2 Å². The van der Waals surface area contributed by atoms with Crippen LogP contribution in [0.25, 0.3) is 0 Å². The van der Waals surface area contributed by atoms with Crippen molar-refractivity contribution in [3.8, 4) is 0 Å². The maximum atomic E-state index is 12.6. The molecule has 3 nitrogen and oxygen atoms in total. The van der Waals surface area contributed by atoms with Gasteiger partial charge in [-0.3, -0.25) is 4.79 Å². The lowest BCUT2D eigenvalue weighted by molar-refractivity contribution is -0.136. The molecule has 0 saturated carbocycles. The Morgan fingerprint density at radius 1 is 1.25 bits per heavy atom. The molecule has 1 aromatic rings. The Labute approximate surface area is 128 Å². The standard InChI is InChI=1S/C15H17Cl2NO2/c16-12-4-3-10(8-13(12)17)14-2-1-6-18(14)15(19)11-5-7-20-9-11/h3-4,8,11,14H,1-2,5-7,9H2. The molecule has 2 heterocycles. The molecule has 1 amide bonds. The fourth-order valence-corrected chi connectivity index (χ4v) is 3.37. The van der Waals surface area contributed by atoms with Crippen LogP contribution in [0, 0.1) is 5.92 Å². The van der Waals surface area contributed by atoms with Crippen LogP contribution < -0.4 is 0 Å². The van der Waals surface area contributed by atoms with Gasteiger partial charge in [0.25, 0.3) is 0 Å². The molecule has 0 radical (unpaired) electrons. The lowest BCUT2D eigenvalue weighted by atomic mass is 10.0. The number of carbonyl (C=O) groups is 1. The highest BCUT2D eigenvalue weighted by atomic mass is 35.5. The van der Waals surface area contributed by atoms with E-state index in [0.717, 1.165) is 31.4 Å². The minimum atomic E-state index is 0.0263. The summed E-state index contributed by atoms with van der Waals surface area (Å²) in [5.74, 6) is 0.245. The third kappa shape index (κ3) is 2.67. The molecule has 2 aliphatic rings. The van der Waals surface area contributed by atoms with E-state index in [1.54, 1.807) is 6.07 Å². The summed E-state index contributed by atoms with van der Waals surface area (Å²) in [4.78, 5) is 14.6. The van der Waals surface area contributed by atoms with Crippen molar-refractivity contribution in [3.63, 3.8) is 0 Å². The Bertz CT molecular complexity index is 515. The second-order valence-corrected chi connectivity index (χ2v) is 6.24. The highest BCUT2D eigenvalue weighted by Crippen LogP contribution is 2.36. The average molecular weight is 314 g/mol. The normalized spacial score (nSPS) is 26.2. The van der Waals surface area contributed by atoms with Gasteiger partial charge in [0, 0.05) is 13.2 Å². The molecule has 0 aromatic heterocycles. The van der Waals surface area contributed by atoms with Crippen LogP contribution >= 0.6 is 23.2 Å². The van der Waals surface area contributed by atoms with Gasteiger partial charge in [-0.05, 0) is 37.0 Å². The maximum Gasteiger partial charge on any atom is 0.228 e. The first-order valence-corrected chi connectivity index (χ1v) is 7.75. The third-order valence-electron chi connectivity index (χ3n) is 4.14. The molecule has 2 saturated heterocycles. The SMILES string of the molecule is O=C(C1CCOC1)N1CCCC1c1ccc(Cl)c(Cl)c1. The highest BCUT2D eigenvalue weighted by molar-refractivity contribution is 6.42. The van der Waals surface area contributed by atoms with Gasteiger partial charge in [-0.1, -0.05) is 29.3 Å². The molecule has 20 heavy (non-hydrogen) atoms. The first-order valence-electron chi connectivity index (χ1n) is 7.00. The highest BCUT2D eigenvalue weighted by Gasteiger charge is 2.35. The minimum Gasteiger partial charge on any atom is -0.381 e. The fourth-order valence-electron chi connectivity index (χ4n) is 3.06. The Hall–Kier alpha value is -0.770. The molecule has 2 unspecified atom stereocenters. The van der Waals surface area contributed by atoms with Crippen LogP contribution in [0.1, 0.15) is 30.9 Å². The molecule has 5 heteroatoms. The summed E-state index contributed by atoms with van der Waals surface area (Å²) < 4.78 is 5.33. The molecule has 0 spiro atoms. The van der Waals surface area contributed by atoms with Gasteiger partial charge in [-0.2, -0.15) is 0 Å². The topological polar surface area (TPSA) is 29.5 Å². The van der Waals surface area contributed by atoms with Gasteiger partial charge in [-0.15, -0.1) is 0 Å². The van der Waals surface area contributed by atoms with Gasteiger partial charge < -0.3 is 9.64 Å². The van der Waals surface area contributed by atoms with Gasteiger partial charge >= 0.3 is 0 Å². The zero-order valence-corrected chi connectivity index (χ0v) is 12.7.